The third-order valence-corrected chi connectivity index (χ3v) is 2.08. The van der Waals surface area contributed by atoms with Gasteiger partial charge in [0, 0.05) is 7.11 Å². The molecule has 0 radical (unpaired) electrons. The Labute approximate surface area is 92.4 Å². The van der Waals surface area contributed by atoms with Gasteiger partial charge in [-0.3, -0.25) is 5.32 Å². The molecule has 0 spiro atoms. The van der Waals surface area contributed by atoms with E-state index in [1.165, 1.54) is 7.11 Å². The smallest absolute Gasteiger partial charge is 0.383 e. The summed E-state index contributed by atoms with van der Waals surface area (Å²) in [4.78, 5) is 0. The molecular weight excluding hydrogens is 219 g/mol. The topological polar surface area (TPSA) is 21.3 Å². The monoisotopic (exact) mass is 233 g/mol. The van der Waals surface area contributed by atoms with Crippen LogP contribution in [0, 0.1) is 0 Å². The first-order valence-electron chi connectivity index (χ1n) is 4.87. The molecule has 0 heterocycles. The van der Waals surface area contributed by atoms with Crippen molar-refractivity contribution in [3.05, 3.63) is 35.9 Å². The number of nitrogens with one attached hydrogen (secondary N) is 1. The average Bonchev–Trinajstić information content (AvgIpc) is 2.24. The summed E-state index contributed by atoms with van der Waals surface area (Å²) < 4.78 is 41.1. The van der Waals surface area contributed by atoms with E-state index in [9.17, 15) is 13.2 Å². The van der Waals surface area contributed by atoms with Crippen molar-refractivity contribution in [2.75, 3.05) is 20.3 Å². The molecule has 0 amide bonds. The number of alkyl halides is 3. The fourth-order valence-electron chi connectivity index (χ4n) is 1.36. The molecule has 5 heteroatoms. The maximum Gasteiger partial charge on any atom is 0.401 e. The summed E-state index contributed by atoms with van der Waals surface area (Å²) in [5, 5.41) is 2.43. The Bertz CT molecular complexity index is 300. The highest BCUT2D eigenvalue weighted by Gasteiger charge is 2.28. The second kappa shape index (κ2) is 5.86. The van der Waals surface area contributed by atoms with Crippen molar-refractivity contribution in [3.8, 4) is 0 Å². The van der Waals surface area contributed by atoms with Crippen molar-refractivity contribution in [2.24, 2.45) is 0 Å². The lowest BCUT2D eigenvalue weighted by Crippen LogP contribution is -2.34. The van der Waals surface area contributed by atoms with Gasteiger partial charge in [0.1, 0.15) is 0 Å². The molecule has 0 aliphatic rings. The Hall–Kier alpha value is -1.07. The van der Waals surface area contributed by atoms with Crippen molar-refractivity contribution in [2.45, 2.75) is 12.2 Å². The number of methoxy groups -OCH3 is 1. The molecule has 2 nitrogen and oxygen atoms in total. The molecule has 1 aromatic rings. The zero-order chi connectivity index (χ0) is 12.0. The summed E-state index contributed by atoms with van der Waals surface area (Å²) in [6.07, 6.45) is -4.21. The van der Waals surface area contributed by atoms with E-state index in [4.69, 9.17) is 4.74 Å². The number of rotatable bonds is 5. The first kappa shape index (κ1) is 13.0. The van der Waals surface area contributed by atoms with E-state index in [2.05, 4.69) is 5.32 Å². The van der Waals surface area contributed by atoms with Crippen LogP contribution in [0.2, 0.25) is 0 Å². The lowest BCUT2D eigenvalue weighted by atomic mass is 10.1. The highest BCUT2D eigenvalue weighted by atomic mass is 19.4. The standard InChI is InChI=1S/C11H14F3NO/c1-16-7-10(15-8-11(12,13)14)9-5-3-2-4-6-9/h2-6,10,15H,7-8H2,1H3/t10-/m1/s1. The van der Waals surface area contributed by atoms with Crippen LogP contribution >= 0.6 is 0 Å². The minimum atomic E-state index is -4.21. The van der Waals surface area contributed by atoms with Gasteiger partial charge in [0.25, 0.3) is 0 Å². The van der Waals surface area contributed by atoms with E-state index < -0.39 is 18.8 Å². The Kier molecular flexibility index (Phi) is 4.76. The first-order chi connectivity index (χ1) is 7.53. The Balaban J connectivity index is 2.61. The molecule has 90 valence electrons. The van der Waals surface area contributed by atoms with Gasteiger partial charge in [-0.1, -0.05) is 30.3 Å². The Morgan fingerprint density at radius 3 is 2.38 bits per heavy atom. The van der Waals surface area contributed by atoms with Crippen LogP contribution in [0.1, 0.15) is 11.6 Å². The fourth-order valence-corrected chi connectivity index (χ4v) is 1.36. The molecule has 0 aromatic heterocycles. The van der Waals surface area contributed by atoms with Gasteiger partial charge >= 0.3 is 6.18 Å². The average molecular weight is 233 g/mol. The van der Waals surface area contributed by atoms with Crippen molar-refractivity contribution < 1.29 is 17.9 Å². The molecule has 0 saturated carbocycles. The van der Waals surface area contributed by atoms with Gasteiger partial charge in [-0.15, -0.1) is 0 Å². The van der Waals surface area contributed by atoms with Crippen LogP contribution in [0.5, 0.6) is 0 Å². The molecule has 0 unspecified atom stereocenters. The van der Waals surface area contributed by atoms with Gasteiger partial charge < -0.3 is 4.74 Å². The number of halogens is 3. The predicted octanol–water partition coefficient (Wildman–Crippen LogP) is 2.53. The fraction of sp³-hybridized carbons (Fsp3) is 0.455. The summed E-state index contributed by atoms with van der Waals surface area (Å²) >= 11 is 0. The molecule has 0 fully saturated rings. The number of hydrogen-bond donors (Lipinski definition) is 1. The molecule has 0 bridgehead atoms. The zero-order valence-corrected chi connectivity index (χ0v) is 8.92. The minimum Gasteiger partial charge on any atom is -0.383 e. The Morgan fingerprint density at radius 2 is 1.88 bits per heavy atom. The maximum atomic E-state index is 12.1. The minimum absolute atomic E-state index is 0.208. The van der Waals surface area contributed by atoms with Crippen molar-refractivity contribution in [1.82, 2.24) is 5.32 Å². The normalized spacial score (nSPS) is 13.8. The van der Waals surface area contributed by atoms with Gasteiger partial charge in [0.05, 0.1) is 19.2 Å². The van der Waals surface area contributed by atoms with Crippen LogP contribution in [0.4, 0.5) is 13.2 Å². The molecule has 0 aliphatic heterocycles. The van der Waals surface area contributed by atoms with E-state index >= 15 is 0 Å². The lowest BCUT2D eigenvalue weighted by molar-refractivity contribution is -0.127. The summed E-state index contributed by atoms with van der Waals surface area (Å²) in [6.45, 7) is -0.810. The summed E-state index contributed by atoms with van der Waals surface area (Å²) in [7, 11) is 1.46. The van der Waals surface area contributed by atoms with Gasteiger partial charge in [-0.25, -0.2) is 0 Å². The number of ether oxygens (including phenoxy) is 1. The molecular formula is C11H14F3NO. The largest absolute Gasteiger partial charge is 0.401 e. The highest BCUT2D eigenvalue weighted by molar-refractivity contribution is 5.18. The van der Waals surface area contributed by atoms with E-state index in [1.54, 1.807) is 24.3 Å². The number of hydrogen-bond acceptors (Lipinski definition) is 2. The quantitative estimate of drug-likeness (QED) is 0.843. The summed E-state index contributed by atoms with van der Waals surface area (Å²) in [6, 6.07) is 8.49. The third-order valence-electron chi connectivity index (χ3n) is 2.08. The predicted molar refractivity (Wildman–Crippen MR) is 55.1 cm³/mol. The molecule has 1 atom stereocenters. The summed E-state index contributed by atoms with van der Waals surface area (Å²) in [5.74, 6) is 0. The van der Waals surface area contributed by atoms with Crippen LogP contribution in [0.15, 0.2) is 30.3 Å². The van der Waals surface area contributed by atoms with Crippen molar-refractivity contribution in [3.63, 3.8) is 0 Å². The molecule has 1 rings (SSSR count). The van der Waals surface area contributed by atoms with Crippen LogP contribution in [0.3, 0.4) is 0 Å². The van der Waals surface area contributed by atoms with Gasteiger partial charge in [0.15, 0.2) is 0 Å². The van der Waals surface area contributed by atoms with Crippen molar-refractivity contribution in [1.29, 1.82) is 0 Å². The lowest BCUT2D eigenvalue weighted by Gasteiger charge is -2.19. The highest BCUT2D eigenvalue weighted by Crippen LogP contribution is 2.17. The first-order valence-corrected chi connectivity index (χ1v) is 4.87. The SMILES string of the molecule is COC[C@@H](NCC(F)(F)F)c1ccccc1. The van der Waals surface area contributed by atoms with E-state index in [0.717, 1.165) is 5.56 Å². The second-order valence-corrected chi connectivity index (χ2v) is 3.41. The molecule has 1 aromatic carbocycles. The second-order valence-electron chi connectivity index (χ2n) is 3.41. The van der Waals surface area contributed by atoms with Gasteiger partial charge in [-0.2, -0.15) is 13.2 Å². The zero-order valence-electron chi connectivity index (χ0n) is 8.92. The van der Waals surface area contributed by atoms with E-state index in [1.807, 2.05) is 6.07 Å². The van der Waals surface area contributed by atoms with Crippen LogP contribution in [0.25, 0.3) is 0 Å². The molecule has 0 aliphatic carbocycles. The third kappa shape index (κ3) is 4.63. The number of benzene rings is 1. The molecule has 0 saturated heterocycles. The summed E-state index contributed by atoms with van der Waals surface area (Å²) in [5.41, 5.74) is 0.786. The van der Waals surface area contributed by atoms with E-state index in [-0.39, 0.29) is 6.61 Å². The van der Waals surface area contributed by atoms with Gasteiger partial charge in [-0.05, 0) is 5.56 Å². The van der Waals surface area contributed by atoms with Crippen LogP contribution in [-0.2, 0) is 4.74 Å². The van der Waals surface area contributed by atoms with E-state index in [0.29, 0.717) is 0 Å². The maximum absolute atomic E-state index is 12.1. The Morgan fingerprint density at radius 1 is 1.25 bits per heavy atom. The molecule has 16 heavy (non-hydrogen) atoms. The van der Waals surface area contributed by atoms with Crippen LogP contribution in [-0.4, -0.2) is 26.4 Å². The van der Waals surface area contributed by atoms with Crippen molar-refractivity contribution >= 4 is 0 Å². The van der Waals surface area contributed by atoms with Crippen LogP contribution < -0.4 is 5.32 Å². The molecule has 1 N–H and O–H groups in total. The van der Waals surface area contributed by atoms with Gasteiger partial charge in [0.2, 0.25) is 0 Å².